The molecule has 0 saturated carbocycles. The predicted octanol–water partition coefficient (Wildman–Crippen LogP) is 4.06. The molecule has 0 spiro atoms. The Balaban J connectivity index is 2.04. The van der Waals surface area contributed by atoms with Crippen molar-refractivity contribution >= 4 is 17.3 Å². The maximum absolute atomic E-state index is 13.8. The van der Waals surface area contributed by atoms with Crippen LogP contribution in [0.5, 0.6) is 5.75 Å². The number of hydrogen-bond acceptors (Lipinski definition) is 3. The summed E-state index contributed by atoms with van der Waals surface area (Å²) in [5.41, 5.74) is 0.770. The van der Waals surface area contributed by atoms with Crippen molar-refractivity contribution in [1.82, 2.24) is 0 Å². The summed E-state index contributed by atoms with van der Waals surface area (Å²) in [6.07, 6.45) is -0.277. The number of halogens is 2. The fourth-order valence-corrected chi connectivity index (χ4v) is 2.56. The fourth-order valence-electron chi connectivity index (χ4n) is 2.34. The van der Waals surface area contributed by atoms with Gasteiger partial charge >= 0.3 is 5.69 Å². The van der Waals surface area contributed by atoms with Crippen molar-refractivity contribution in [3.05, 3.63) is 68.5 Å². The van der Waals surface area contributed by atoms with E-state index in [4.69, 9.17) is 16.3 Å². The van der Waals surface area contributed by atoms with Crippen LogP contribution in [0.1, 0.15) is 17.2 Å². The number of rotatable bonds is 2. The summed E-state index contributed by atoms with van der Waals surface area (Å²) in [6.45, 7) is 0. The minimum absolute atomic E-state index is 0.135. The van der Waals surface area contributed by atoms with E-state index in [-0.39, 0.29) is 11.4 Å². The van der Waals surface area contributed by atoms with Crippen LogP contribution in [-0.2, 0) is 6.42 Å². The zero-order valence-electron chi connectivity index (χ0n) is 10.2. The molecular weight excluding hydrogens is 285 g/mol. The summed E-state index contributed by atoms with van der Waals surface area (Å²) in [7, 11) is 0. The fraction of sp³-hybridized carbons (Fsp3) is 0.143. The highest BCUT2D eigenvalue weighted by molar-refractivity contribution is 6.31. The maximum Gasteiger partial charge on any atom is 0.311 e. The lowest BCUT2D eigenvalue weighted by Crippen LogP contribution is -2.05. The summed E-state index contributed by atoms with van der Waals surface area (Å²) in [6, 6.07) is 8.97. The molecule has 0 bridgehead atoms. The highest BCUT2D eigenvalue weighted by atomic mass is 35.5. The molecule has 2 aromatic rings. The van der Waals surface area contributed by atoms with E-state index >= 15 is 0 Å². The molecule has 1 atom stereocenters. The third-order valence-electron chi connectivity index (χ3n) is 3.28. The highest BCUT2D eigenvalue weighted by Crippen LogP contribution is 2.46. The van der Waals surface area contributed by atoms with Crippen molar-refractivity contribution < 1.29 is 14.1 Å². The van der Waals surface area contributed by atoms with Crippen molar-refractivity contribution in [2.75, 3.05) is 0 Å². The van der Waals surface area contributed by atoms with Gasteiger partial charge in [-0.1, -0.05) is 29.8 Å². The molecule has 1 heterocycles. The largest absolute Gasteiger partial charge is 0.478 e. The Hall–Kier alpha value is -2.14. The van der Waals surface area contributed by atoms with E-state index in [9.17, 15) is 14.5 Å². The lowest BCUT2D eigenvalue weighted by molar-refractivity contribution is -0.385. The Morgan fingerprint density at radius 1 is 1.30 bits per heavy atom. The van der Waals surface area contributed by atoms with Crippen molar-refractivity contribution in [2.45, 2.75) is 12.5 Å². The molecule has 1 aliphatic heterocycles. The van der Waals surface area contributed by atoms with Gasteiger partial charge in [0.05, 0.1) is 4.92 Å². The van der Waals surface area contributed by atoms with Crippen LogP contribution in [0.15, 0.2) is 36.4 Å². The van der Waals surface area contributed by atoms with Crippen molar-refractivity contribution in [3.8, 4) is 5.75 Å². The lowest BCUT2D eigenvalue weighted by Gasteiger charge is -2.11. The summed E-state index contributed by atoms with van der Waals surface area (Å²) < 4.78 is 19.4. The molecule has 102 valence electrons. The Morgan fingerprint density at radius 3 is 2.75 bits per heavy atom. The van der Waals surface area contributed by atoms with Gasteiger partial charge in [0.15, 0.2) is 0 Å². The number of ether oxygens (including phenoxy) is 1. The predicted molar refractivity (Wildman–Crippen MR) is 71.6 cm³/mol. The van der Waals surface area contributed by atoms with E-state index in [1.807, 2.05) is 0 Å². The van der Waals surface area contributed by atoms with E-state index in [1.54, 1.807) is 18.2 Å². The first-order valence-electron chi connectivity index (χ1n) is 5.95. The lowest BCUT2D eigenvalue weighted by atomic mass is 10.0. The summed E-state index contributed by atoms with van der Waals surface area (Å²) in [5.74, 6) is -0.264. The Morgan fingerprint density at radius 2 is 2.05 bits per heavy atom. The Labute approximate surface area is 118 Å². The van der Waals surface area contributed by atoms with Crippen molar-refractivity contribution in [2.24, 2.45) is 0 Å². The van der Waals surface area contributed by atoms with Gasteiger partial charge < -0.3 is 4.74 Å². The first kappa shape index (κ1) is 12.9. The van der Waals surface area contributed by atoms with Crippen LogP contribution in [-0.4, -0.2) is 4.92 Å². The molecule has 0 N–H and O–H groups in total. The van der Waals surface area contributed by atoms with Gasteiger partial charge in [0.2, 0.25) is 5.75 Å². The molecule has 6 heteroatoms. The van der Waals surface area contributed by atoms with Gasteiger partial charge in [-0.15, -0.1) is 0 Å². The van der Waals surface area contributed by atoms with E-state index in [0.29, 0.717) is 22.6 Å². The Kier molecular flexibility index (Phi) is 3.06. The minimum atomic E-state index is -0.593. The van der Waals surface area contributed by atoms with Gasteiger partial charge in [0.25, 0.3) is 0 Å². The third-order valence-corrected chi connectivity index (χ3v) is 3.64. The molecule has 1 aliphatic rings. The van der Waals surface area contributed by atoms with E-state index < -0.39 is 16.8 Å². The highest BCUT2D eigenvalue weighted by Gasteiger charge is 2.34. The molecule has 0 amide bonds. The van der Waals surface area contributed by atoms with Crippen molar-refractivity contribution in [1.29, 1.82) is 0 Å². The average Bonchev–Trinajstić information content (AvgIpc) is 2.84. The van der Waals surface area contributed by atoms with Gasteiger partial charge in [0, 0.05) is 28.6 Å². The molecule has 0 aliphatic carbocycles. The van der Waals surface area contributed by atoms with Crippen LogP contribution < -0.4 is 4.74 Å². The molecule has 0 radical (unpaired) electrons. The number of benzene rings is 2. The van der Waals surface area contributed by atoms with Crippen LogP contribution in [0, 0.1) is 15.9 Å². The number of nitro groups is 1. The number of nitrogens with zero attached hydrogens (tertiary/aromatic N) is 1. The number of nitro benzene ring substituents is 1. The van der Waals surface area contributed by atoms with Gasteiger partial charge in [0.1, 0.15) is 11.9 Å². The SMILES string of the molecule is O=[N+]([O-])c1ccc(Cl)c2c1OC(c1ccccc1F)C2. The van der Waals surface area contributed by atoms with Gasteiger partial charge in [-0.25, -0.2) is 4.39 Å². The van der Waals surface area contributed by atoms with Crippen LogP contribution in [0.2, 0.25) is 5.02 Å². The maximum atomic E-state index is 13.8. The molecule has 0 saturated heterocycles. The van der Waals surface area contributed by atoms with E-state index in [2.05, 4.69) is 0 Å². The van der Waals surface area contributed by atoms with Gasteiger partial charge in [-0.3, -0.25) is 10.1 Å². The molecule has 3 rings (SSSR count). The second-order valence-corrected chi connectivity index (χ2v) is 4.87. The quantitative estimate of drug-likeness (QED) is 0.619. The molecular formula is C14H9ClFNO3. The molecule has 1 unspecified atom stereocenters. The smallest absolute Gasteiger partial charge is 0.311 e. The zero-order chi connectivity index (χ0) is 14.3. The third kappa shape index (κ3) is 2.00. The Bertz CT molecular complexity index is 705. The number of fused-ring (bicyclic) bond motifs is 1. The van der Waals surface area contributed by atoms with E-state index in [0.717, 1.165) is 0 Å². The molecule has 4 nitrogen and oxygen atoms in total. The minimum Gasteiger partial charge on any atom is -0.478 e. The number of hydrogen-bond donors (Lipinski definition) is 0. The zero-order valence-corrected chi connectivity index (χ0v) is 10.9. The average molecular weight is 294 g/mol. The second-order valence-electron chi connectivity index (χ2n) is 4.46. The van der Waals surface area contributed by atoms with Gasteiger partial charge in [-0.2, -0.15) is 0 Å². The normalized spacial score (nSPS) is 16.6. The van der Waals surface area contributed by atoms with Crippen LogP contribution in [0.4, 0.5) is 10.1 Å². The summed E-state index contributed by atoms with van der Waals surface area (Å²) >= 11 is 6.04. The van der Waals surface area contributed by atoms with Crippen LogP contribution >= 0.6 is 11.6 Å². The second kappa shape index (κ2) is 4.76. The van der Waals surface area contributed by atoms with Crippen LogP contribution in [0.3, 0.4) is 0 Å². The molecule has 2 aromatic carbocycles. The molecule has 0 fully saturated rings. The summed E-state index contributed by atoms with van der Waals surface area (Å²) in [5, 5.41) is 11.4. The monoisotopic (exact) mass is 293 g/mol. The topological polar surface area (TPSA) is 52.4 Å². The van der Waals surface area contributed by atoms with Crippen LogP contribution in [0.25, 0.3) is 0 Å². The first-order chi connectivity index (χ1) is 9.58. The molecule has 0 aromatic heterocycles. The first-order valence-corrected chi connectivity index (χ1v) is 6.32. The van der Waals surface area contributed by atoms with Crippen molar-refractivity contribution in [3.63, 3.8) is 0 Å². The van der Waals surface area contributed by atoms with Gasteiger partial charge in [-0.05, 0) is 12.1 Å². The van der Waals surface area contributed by atoms with E-state index in [1.165, 1.54) is 18.2 Å². The summed E-state index contributed by atoms with van der Waals surface area (Å²) in [4.78, 5) is 10.5. The molecule has 20 heavy (non-hydrogen) atoms. The standard InChI is InChI=1S/C14H9ClFNO3/c15-10-5-6-12(17(18)19)14-9(10)7-13(20-14)8-3-1-2-4-11(8)16/h1-6,13H,7H2.